The van der Waals surface area contributed by atoms with Gasteiger partial charge in [0.05, 0.1) is 5.69 Å². The number of carboxylic acid groups (broad SMARTS) is 1. The van der Waals surface area contributed by atoms with Gasteiger partial charge in [-0.05, 0) is 12.1 Å². The molecule has 88 valence electrons. The van der Waals surface area contributed by atoms with Crippen LogP contribution in [0, 0.1) is 0 Å². The van der Waals surface area contributed by atoms with E-state index in [-0.39, 0.29) is 24.1 Å². The molecule has 1 aromatic rings. The average Bonchev–Trinajstić information content (AvgIpc) is 2.59. The van der Waals surface area contributed by atoms with Crippen molar-refractivity contribution in [3.8, 4) is 5.75 Å². The van der Waals surface area contributed by atoms with Gasteiger partial charge in [0.25, 0.3) is 0 Å². The van der Waals surface area contributed by atoms with Gasteiger partial charge in [-0.15, -0.1) is 0 Å². The third kappa shape index (κ3) is 1.73. The molecule has 0 aromatic heterocycles. The smallest absolute Gasteiger partial charge is 0.339 e. The molecule has 1 aliphatic heterocycles. The van der Waals surface area contributed by atoms with Crippen LogP contribution in [0.25, 0.3) is 0 Å². The molecule has 2 rings (SSSR count). The van der Waals surface area contributed by atoms with E-state index in [1.807, 2.05) is 0 Å². The first-order valence-corrected chi connectivity index (χ1v) is 4.93. The summed E-state index contributed by atoms with van der Waals surface area (Å²) in [4.78, 5) is 34.6. The number of aromatic hydroxyl groups is 1. The minimum atomic E-state index is -1.32. The zero-order chi connectivity index (χ0) is 12.6. The number of carboxylic acids is 1. The van der Waals surface area contributed by atoms with Gasteiger partial charge in [-0.2, -0.15) is 0 Å². The molecule has 2 amide bonds. The number of aromatic carboxylic acids is 1. The Balaban J connectivity index is 2.53. The van der Waals surface area contributed by atoms with Crippen molar-refractivity contribution in [2.75, 3.05) is 4.90 Å². The van der Waals surface area contributed by atoms with Crippen LogP contribution >= 0.6 is 0 Å². The molecule has 0 aliphatic carbocycles. The summed E-state index contributed by atoms with van der Waals surface area (Å²) in [6.45, 7) is 0. The van der Waals surface area contributed by atoms with Gasteiger partial charge in [-0.3, -0.25) is 9.59 Å². The number of carbonyl (C=O) groups is 3. The number of benzene rings is 1. The van der Waals surface area contributed by atoms with Gasteiger partial charge in [0.15, 0.2) is 5.75 Å². The van der Waals surface area contributed by atoms with Crippen LogP contribution in [0.1, 0.15) is 23.2 Å². The van der Waals surface area contributed by atoms with Crippen LogP contribution in [-0.2, 0) is 9.59 Å². The van der Waals surface area contributed by atoms with Crippen molar-refractivity contribution in [1.82, 2.24) is 0 Å². The number of para-hydroxylation sites is 1. The van der Waals surface area contributed by atoms with E-state index < -0.39 is 23.5 Å². The largest absolute Gasteiger partial charge is 0.505 e. The third-order valence-electron chi connectivity index (χ3n) is 2.54. The second-order valence-electron chi connectivity index (χ2n) is 3.60. The molecule has 1 fully saturated rings. The highest BCUT2D eigenvalue weighted by Gasteiger charge is 2.33. The Kier molecular flexibility index (Phi) is 2.55. The van der Waals surface area contributed by atoms with Crippen molar-refractivity contribution in [3.63, 3.8) is 0 Å². The van der Waals surface area contributed by atoms with E-state index in [1.54, 1.807) is 0 Å². The molecule has 1 aliphatic rings. The van der Waals surface area contributed by atoms with Crippen LogP contribution in [0.15, 0.2) is 18.2 Å². The van der Waals surface area contributed by atoms with Crippen molar-refractivity contribution in [2.45, 2.75) is 12.8 Å². The fraction of sp³-hybridized carbons (Fsp3) is 0.182. The molecule has 1 saturated heterocycles. The first-order chi connectivity index (χ1) is 8.02. The first-order valence-electron chi connectivity index (χ1n) is 4.93. The molecule has 0 spiro atoms. The summed E-state index contributed by atoms with van der Waals surface area (Å²) in [5.74, 6) is -2.76. The van der Waals surface area contributed by atoms with Gasteiger partial charge in [0.1, 0.15) is 5.56 Å². The van der Waals surface area contributed by atoms with Gasteiger partial charge in [-0.1, -0.05) is 6.07 Å². The molecule has 2 N–H and O–H groups in total. The van der Waals surface area contributed by atoms with Gasteiger partial charge in [0, 0.05) is 12.8 Å². The van der Waals surface area contributed by atoms with Gasteiger partial charge in [-0.25, -0.2) is 9.69 Å². The van der Waals surface area contributed by atoms with E-state index in [0.717, 1.165) is 4.90 Å². The van der Waals surface area contributed by atoms with E-state index in [2.05, 4.69) is 0 Å². The van der Waals surface area contributed by atoms with E-state index in [9.17, 15) is 19.5 Å². The minimum Gasteiger partial charge on any atom is -0.505 e. The zero-order valence-electron chi connectivity index (χ0n) is 8.71. The summed E-state index contributed by atoms with van der Waals surface area (Å²) < 4.78 is 0. The fourth-order valence-corrected chi connectivity index (χ4v) is 1.73. The molecule has 0 unspecified atom stereocenters. The highest BCUT2D eigenvalue weighted by molar-refractivity contribution is 6.21. The number of amides is 2. The van der Waals surface area contributed by atoms with E-state index in [0.29, 0.717) is 0 Å². The average molecular weight is 235 g/mol. The molecule has 0 radical (unpaired) electrons. The summed E-state index contributed by atoms with van der Waals surface area (Å²) in [7, 11) is 0. The standard InChI is InChI=1S/C11H9NO5/c13-8-4-5-9(14)12(8)7-3-1-2-6(10(7)15)11(16)17/h1-3,15H,4-5H2,(H,16,17). The Morgan fingerprint density at radius 3 is 2.29 bits per heavy atom. The zero-order valence-corrected chi connectivity index (χ0v) is 8.71. The van der Waals surface area contributed by atoms with Crippen LogP contribution in [0.3, 0.4) is 0 Å². The number of imide groups is 1. The topological polar surface area (TPSA) is 94.9 Å². The van der Waals surface area contributed by atoms with E-state index >= 15 is 0 Å². The number of anilines is 1. The van der Waals surface area contributed by atoms with E-state index in [4.69, 9.17) is 5.11 Å². The van der Waals surface area contributed by atoms with Gasteiger partial charge < -0.3 is 10.2 Å². The van der Waals surface area contributed by atoms with Crippen LogP contribution in [0.4, 0.5) is 5.69 Å². The second-order valence-corrected chi connectivity index (χ2v) is 3.60. The van der Waals surface area contributed by atoms with E-state index in [1.165, 1.54) is 18.2 Å². The lowest BCUT2D eigenvalue weighted by atomic mass is 10.1. The highest BCUT2D eigenvalue weighted by atomic mass is 16.4. The number of hydrogen-bond acceptors (Lipinski definition) is 4. The van der Waals surface area contributed by atoms with Crippen molar-refractivity contribution in [1.29, 1.82) is 0 Å². The second kappa shape index (κ2) is 3.89. The number of hydrogen-bond donors (Lipinski definition) is 2. The predicted molar refractivity (Wildman–Crippen MR) is 56.8 cm³/mol. The summed E-state index contributed by atoms with van der Waals surface area (Å²) in [6.07, 6.45) is 0.158. The maximum absolute atomic E-state index is 11.5. The maximum atomic E-state index is 11.5. The Labute approximate surface area is 96.1 Å². The third-order valence-corrected chi connectivity index (χ3v) is 2.54. The summed E-state index contributed by atoms with van der Waals surface area (Å²) in [5, 5.41) is 18.5. The molecule has 17 heavy (non-hydrogen) atoms. The van der Waals surface area contributed by atoms with Crippen molar-refractivity contribution in [3.05, 3.63) is 23.8 Å². The Hall–Kier alpha value is -2.37. The molecular weight excluding hydrogens is 226 g/mol. The molecule has 6 heteroatoms. The predicted octanol–water partition coefficient (Wildman–Crippen LogP) is 0.744. The highest BCUT2D eigenvalue weighted by Crippen LogP contribution is 2.33. The van der Waals surface area contributed by atoms with Crippen LogP contribution in [0.5, 0.6) is 5.75 Å². The lowest BCUT2D eigenvalue weighted by Gasteiger charge is -2.16. The number of nitrogens with zero attached hydrogens (tertiary/aromatic N) is 1. The minimum absolute atomic E-state index is 0.0719. The quantitative estimate of drug-likeness (QED) is 0.737. The summed E-state index contributed by atoms with van der Waals surface area (Å²) in [6, 6.07) is 3.91. The normalized spacial score (nSPS) is 15.4. The number of rotatable bonds is 2. The number of carbonyl (C=O) groups excluding carboxylic acids is 2. The fourth-order valence-electron chi connectivity index (χ4n) is 1.73. The molecular formula is C11H9NO5. The van der Waals surface area contributed by atoms with Crippen LogP contribution < -0.4 is 4.90 Å². The maximum Gasteiger partial charge on any atom is 0.339 e. The number of phenols is 1. The Morgan fingerprint density at radius 2 is 1.76 bits per heavy atom. The SMILES string of the molecule is O=C(O)c1cccc(N2C(=O)CCC2=O)c1O. The lowest BCUT2D eigenvalue weighted by molar-refractivity contribution is -0.121. The Bertz CT molecular complexity index is 507. The molecule has 0 saturated carbocycles. The van der Waals surface area contributed by atoms with Crippen molar-refractivity contribution >= 4 is 23.5 Å². The van der Waals surface area contributed by atoms with Crippen LogP contribution in [-0.4, -0.2) is 28.0 Å². The molecule has 1 aromatic carbocycles. The first kappa shape index (κ1) is 11.1. The summed E-state index contributed by atoms with van der Waals surface area (Å²) >= 11 is 0. The van der Waals surface area contributed by atoms with Crippen molar-refractivity contribution in [2.24, 2.45) is 0 Å². The lowest BCUT2D eigenvalue weighted by Crippen LogP contribution is -2.28. The monoisotopic (exact) mass is 235 g/mol. The van der Waals surface area contributed by atoms with Crippen LogP contribution in [0.2, 0.25) is 0 Å². The van der Waals surface area contributed by atoms with Crippen molar-refractivity contribution < 1.29 is 24.6 Å². The van der Waals surface area contributed by atoms with Gasteiger partial charge >= 0.3 is 5.97 Å². The molecule has 6 nitrogen and oxygen atoms in total. The molecule has 0 bridgehead atoms. The Morgan fingerprint density at radius 1 is 1.18 bits per heavy atom. The van der Waals surface area contributed by atoms with Gasteiger partial charge in [0.2, 0.25) is 11.8 Å². The molecule has 0 atom stereocenters. The molecule has 1 heterocycles. The summed E-state index contributed by atoms with van der Waals surface area (Å²) in [5.41, 5.74) is -0.410.